The van der Waals surface area contributed by atoms with E-state index in [9.17, 15) is 0 Å². The summed E-state index contributed by atoms with van der Waals surface area (Å²) in [6.45, 7) is 4.68. The van der Waals surface area contributed by atoms with E-state index in [4.69, 9.17) is 19.9 Å². The predicted molar refractivity (Wildman–Crippen MR) is 262 cm³/mol. The first-order valence-corrected chi connectivity index (χ1v) is 21.7. The molecule has 0 aliphatic carbocycles. The monoisotopic (exact) mass is 821 g/mol. The Morgan fingerprint density at radius 1 is 0.297 bits per heavy atom. The molecule has 5 nitrogen and oxygen atoms in total. The van der Waals surface area contributed by atoms with Crippen molar-refractivity contribution in [2.24, 2.45) is 0 Å². The quantitative estimate of drug-likeness (QED) is 0.153. The van der Waals surface area contributed by atoms with Crippen molar-refractivity contribution in [3.05, 3.63) is 236 Å². The van der Waals surface area contributed by atoms with Gasteiger partial charge in [0.2, 0.25) is 0 Å². The molecule has 64 heavy (non-hydrogen) atoms. The lowest BCUT2D eigenvalue weighted by atomic mass is 9.73. The van der Waals surface area contributed by atoms with Gasteiger partial charge in [-0.3, -0.25) is 0 Å². The fourth-order valence-electron chi connectivity index (χ4n) is 8.96. The minimum Gasteiger partial charge on any atom is -0.310 e. The molecule has 8 aromatic carbocycles. The van der Waals surface area contributed by atoms with E-state index in [1.807, 2.05) is 48.5 Å². The number of para-hydroxylation sites is 1. The number of anilines is 3. The summed E-state index contributed by atoms with van der Waals surface area (Å²) in [5.41, 5.74) is 17.5. The largest absolute Gasteiger partial charge is 0.310 e. The van der Waals surface area contributed by atoms with Crippen molar-refractivity contribution in [1.29, 1.82) is 0 Å². The minimum atomic E-state index is -0.280. The van der Waals surface area contributed by atoms with Crippen LogP contribution in [0.25, 0.3) is 78.9 Å². The number of fused-ring (bicyclic) bond motifs is 2. The summed E-state index contributed by atoms with van der Waals surface area (Å²) in [6, 6.07) is 78.5. The van der Waals surface area contributed by atoms with E-state index in [0.717, 1.165) is 84.3 Å². The maximum atomic E-state index is 5.17. The second kappa shape index (κ2) is 16.2. The van der Waals surface area contributed by atoms with Crippen molar-refractivity contribution >= 4 is 17.1 Å². The number of aromatic nitrogens is 4. The highest BCUT2D eigenvalue weighted by Gasteiger charge is 2.37. The number of hydrogen-bond acceptors (Lipinski definition) is 5. The topological polar surface area (TPSA) is 54.8 Å². The number of benzene rings is 8. The Kier molecular flexibility index (Phi) is 9.78. The smallest absolute Gasteiger partial charge is 0.160 e. The Labute approximate surface area is 374 Å². The average Bonchev–Trinajstić information content (AvgIpc) is 3.37. The Balaban J connectivity index is 1.01. The zero-order chi connectivity index (χ0) is 43.0. The molecule has 0 fully saturated rings. The van der Waals surface area contributed by atoms with Gasteiger partial charge in [0.1, 0.15) is 0 Å². The minimum absolute atomic E-state index is 0.280. The van der Waals surface area contributed by atoms with E-state index in [2.05, 4.69) is 195 Å². The molecule has 0 saturated carbocycles. The van der Waals surface area contributed by atoms with Crippen molar-refractivity contribution in [2.45, 2.75) is 19.3 Å². The van der Waals surface area contributed by atoms with Crippen LogP contribution in [-0.2, 0) is 5.41 Å². The van der Waals surface area contributed by atoms with E-state index >= 15 is 0 Å². The Hall–Kier alpha value is -8.28. The van der Waals surface area contributed by atoms with Crippen molar-refractivity contribution in [1.82, 2.24) is 19.9 Å². The van der Waals surface area contributed by atoms with Gasteiger partial charge < -0.3 is 4.90 Å². The molecule has 0 atom stereocenters. The maximum Gasteiger partial charge on any atom is 0.160 e. The van der Waals surface area contributed by atoms with Gasteiger partial charge in [0.15, 0.2) is 11.6 Å². The lowest BCUT2D eigenvalue weighted by molar-refractivity contribution is 0.632. The van der Waals surface area contributed by atoms with Crippen molar-refractivity contribution < 1.29 is 0 Å². The summed E-state index contributed by atoms with van der Waals surface area (Å²) < 4.78 is 0. The molecule has 0 N–H and O–H groups in total. The summed E-state index contributed by atoms with van der Waals surface area (Å²) in [4.78, 5) is 22.8. The number of nitrogens with zero attached hydrogens (tertiary/aromatic N) is 5. The molecule has 1 aliphatic rings. The molecule has 1 aliphatic heterocycles. The molecular weight excluding hydrogens is 779 g/mol. The third-order valence-electron chi connectivity index (χ3n) is 12.3. The first-order valence-electron chi connectivity index (χ1n) is 21.7. The van der Waals surface area contributed by atoms with Gasteiger partial charge in [0, 0.05) is 44.5 Å². The van der Waals surface area contributed by atoms with Crippen molar-refractivity contribution in [3.63, 3.8) is 0 Å². The predicted octanol–water partition coefficient (Wildman–Crippen LogP) is 15.0. The van der Waals surface area contributed by atoms with Crippen LogP contribution in [0.15, 0.2) is 224 Å². The Bertz CT molecular complexity index is 3180. The molecule has 0 bridgehead atoms. The summed E-state index contributed by atoms with van der Waals surface area (Å²) in [7, 11) is 0. The highest BCUT2D eigenvalue weighted by atomic mass is 15.2. The lowest BCUT2D eigenvalue weighted by Crippen LogP contribution is -2.30. The fraction of sp³-hybridized carbons (Fsp3) is 0.0508. The Morgan fingerprint density at radius 2 is 0.703 bits per heavy atom. The molecular formula is C59H43N5. The van der Waals surface area contributed by atoms with Crippen LogP contribution in [0.2, 0.25) is 0 Å². The van der Waals surface area contributed by atoms with Gasteiger partial charge in [-0.15, -0.1) is 0 Å². The number of rotatable bonds is 8. The first kappa shape index (κ1) is 38.6. The summed E-state index contributed by atoms with van der Waals surface area (Å²) in [6.07, 6.45) is 0. The van der Waals surface area contributed by atoms with Crippen LogP contribution in [0, 0.1) is 0 Å². The third kappa shape index (κ3) is 7.23. The van der Waals surface area contributed by atoms with Crippen LogP contribution in [0.5, 0.6) is 0 Å². The SMILES string of the molecule is CC1(C)c2ccccc2N(c2cccc(-c3cc(-c4ccccc4)nc(-c4ccccc4)n3)c2)c2ccc(-c3cccc(-c4cc(-c5ccccc5)nc(-c5ccccc5)n4)c3)cc21. The normalized spacial score (nSPS) is 12.6. The van der Waals surface area contributed by atoms with Crippen molar-refractivity contribution in [3.8, 4) is 78.9 Å². The van der Waals surface area contributed by atoms with Gasteiger partial charge in [0.25, 0.3) is 0 Å². The molecule has 0 amide bonds. The van der Waals surface area contributed by atoms with Gasteiger partial charge in [-0.2, -0.15) is 0 Å². The van der Waals surface area contributed by atoms with Crippen molar-refractivity contribution in [2.75, 3.05) is 4.90 Å². The zero-order valence-corrected chi connectivity index (χ0v) is 35.6. The highest BCUT2D eigenvalue weighted by Crippen LogP contribution is 2.53. The standard InChI is InChI=1S/C59H43N5/c1-59(2)49-31-15-16-32-55(49)64(48-30-18-29-47(36-48)54-39-52(41-21-9-4-10-22-41)61-58(63-54)43-25-13-6-14-26-43)56-34-33-45(37-50(56)59)44-27-17-28-46(35-44)53-38-51(40-19-7-3-8-20-40)60-57(62-53)42-23-11-5-12-24-42/h3-39H,1-2H3. The van der Waals surface area contributed by atoms with Gasteiger partial charge >= 0.3 is 0 Å². The van der Waals surface area contributed by atoms with Crippen LogP contribution in [0.1, 0.15) is 25.0 Å². The molecule has 5 heteroatoms. The molecule has 304 valence electrons. The maximum absolute atomic E-state index is 5.17. The van der Waals surface area contributed by atoms with E-state index in [0.29, 0.717) is 11.6 Å². The van der Waals surface area contributed by atoms with E-state index in [1.54, 1.807) is 0 Å². The Morgan fingerprint density at radius 3 is 1.27 bits per heavy atom. The molecule has 0 saturated heterocycles. The molecule has 3 heterocycles. The highest BCUT2D eigenvalue weighted by molar-refractivity contribution is 5.89. The molecule has 2 aromatic heterocycles. The summed E-state index contributed by atoms with van der Waals surface area (Å²) in [5.74, 6) is 1.40. The lowest BCUT2D eigenvalue weighted by Gasteiger charge is -2.42. The summed E-state index contributed by atoms with van der Waals surface area (Å²) >= 11 is 0. The molecule has 10 aromatic rings. The van der Waals surface area contributed by atoms with E-state index in [-0.39, 0.29) is 5.41 Å². The second-order valence-corrected chi connectivity index (χ2v) is 16.7. The average molecular weight is 822 g/mol. The van der Waals surface area contributed by atoms with Crippen LogP contribution < -0.4 is 4.90 Å². The molecule has 11 rings (SSSR count). The molecule has 0 unspecified atom stereocenters. The van der Waals surface area contributed by atoms with Gasteiger partial charge in [0.05, 0.1) is 34.2 Å². The molecule has 0 radical (unpaired) electrons. The van der Waals surface area contributed by atoms with Crippen LogP contribution in [0.4, 0.5) is 17.1 Å². The van der Waals surface area contributed by atoms with Crippen LogP contribution in [-0.4, -0.2) is 19.9 Å². The third-order valence-corrected chi connectivity index (χ3v) is 12.3. The van der Waals surface area contributed by atoms with Crippen LogP contribution >= 0.6 is 0 Å². The molecule has 0 spiro atoms. The van der Waals surface area contributed by atoms with Crippen LogP contribution in [0.3, 0.4) is 0 Å². The van der Waals surface area contributed by atoms with Gasteiger partial charge in [-0.1, -0.05) is 190 Å². The summed E-state index contributed by atoms with van der Waals surface area (Å²) in [5, 5.41) is 0. The van der Waals surface area contributed by atoms with E-state index in [1.165, 1.54) is 11.1 Å². The van der Waals surface area contributed by atoms with Gasteiger partial charge in [-0.25, -0.2) is 19.9 Å². The first-order chi connectivity index (χ1) is 31.5. The second-order valence-electron chi connectivity index (χ2n) is 16.7. The fourth-order valence-corrected chi connectivity index (χ4v) is 8.96. The number of hydrogen-bond donors (Lipinski definition) is 0. The van der Waals surface area contributed by atoms with Gasteiger partial charge in [-0.05, 0) is 70.8 Å². The zero-order valence-electron chi connectivity index (χ0n) is 35.6. The van der Waals surface area contributed by atoms with E-state index < -0.39 is 0 Å².